The molecule has 0 bridgehead atoms. The van der Waals surface area contributed by atoms with Crippen molar-refractivity contribution in [1.29, 1.82) is 0 Å². The number of benzene rings is 4. The van der Waals surface area contributed by atoms with E-state index >= 15 is 0 Å². The molecule has 0 N–H and O–H groups in total. The Hall–Kier alpha value is -3.54. The maximum absolute atomic E-state index is 7.36. The Morgan fingerprint density at radius 3 is 1.57 bits per heavy atom. The van der Waals surface area contributed by atoms with E-state index in [0.29, 0.717) is 44.2 Å². The normalized spacial score (nSPS) is 34.3. The van der Waals surface area contributed by atoms with Gasteiger partial charge in [-0.15, -0.1) is 0 Å². The summed E-state index contributed by atoms with van der Waals surface area (Å²) in [4.78, 5) is 0. The molecule has 8 rings (SSSR count). The second-order valence-electron chi connectivity index (χ2n) is 16.8. The Labute approximate surface area is 317 Å². The lowest BCUT2D eigenvalue weighted by atomic mass is 9.42. The van der Waals surface area contributed by atoms with Crippen molar-refractivity contribution in [3.63, 3.8) is 0 Å². The van der Waals surface area contributed by atoms with Gasteiger partial charge in [-0.25, -0.2) is 0 Å². The molecule has 4 aliphatic rings. The molecule has 4 nitrogen and oxygen atoms in total. The van der Waals surface area contributed by atoms with Crippen LogP contribution in [0.2, 0.25) is 0 Å². The number of hydrogen-bond donors (Lipinski definition) is 0. The monoisotopic (exact) mass is 710 g/mol. The average molecular weight is 711 g/mol. The first-order valence-electron chi connectivity index (χ1n) is 20.2. The van der Waals surface area contributed by atoms with Gasteiger partial charge in [-0.3, -0.25) is 0 Å². The molecule has 0 spiro atoms. The summed E-state index contributed by atoms with van der Waals surface area (Å²) in [6.07, 6.45) is 9.00. The van der Waals surface area contributed by atoms with E-state index in [0.717, 1.165) is 12.8 Å². The van der Waals surface area contributed by atoms with Gasteiger partial charge in [0.2, 0.25) is 0 Å². The largest absolute Gasteiger partial charge is 0.373 e. The third-order valence-electron chi connectivity index (χ3n) is 14.1. The fourth-order valence-corrected chi connectivity index (χ4v) is 11.4. The number of ether oxygens (including phenoxy) is 4. The zero-order chi connectivity index (χ0) is 36.3. The Balaban J connectivity index is 1.20. The second kappa shape index (κ2) is 16.1. The predicted octanol–water partition coefficient (Wildman–Crippen LogP) is 11.1. The first-order chi connectivity index (χ1) is 26.0. The maximum atomic E-state index is 7.36. The predicted molar refractivity (Wildman–Crippen MR) is 212 cm³/mol. The highest BCUT2D eigenvalue weighted by atomic mass is 16.5. The Morgan fingerprint density at radius 2 is 1.04 bits per heavy atom. The van der Waals surface area contributed by atoms with Crippen molar-refractivity contribution in [3.05, 3.63) is 155 Å². The number of hydrogen-bond acceptors (Lipinski definition) is 4. The number of fused-ring (bicyclic) bond motifs is 5. The van der Waals surface area contributed by atoms with Crippen LogP contribution in [0.5, 0.6) is 0 Å². The fraction of sp³-hybridized carbons (Fsp3) is 0.469. The molecule has 0 amide bonds. The van der Waals surface area contributed by atoms with Crippen molar-refractivity contribution < 1.29 is 18.9 Å². The molecule has 4 aliphatic carbocycles. The van der Waals surface area contributed by atoms with Crippen LogP contribution in [0.1, 0.15) is 81.5 Å². The zero-order valence-corrected chi connectivity index (χ0v) is 31.9. The van der Waals surface area contributed by atoms with Gasteiger partial charge in [0.1, 0.15) is 0 Å². The van der Waals surface area contributed by atoms with Crippen molar-refractivity contribution in [1.82, 2.24) is 0 Å². The molecule has 4 heteroatoms. The molecule has 53 heavy (non-hydrogen) atoms. The fourth-order valence-electron chi connectivity index (χ4n) is 11.4. The van der Waals surface area contributed by atoms with Gasteiger partial charge >= 0.3 is 0 Å². The first-order valence-corrected chi connectivity index (χ1v) is 20.2. The lowest BCUT2D eigenvalue weighted by molar-refractivity contribution is -0.281. The molecule has 0 heterocycles. The van der Waals surface area contributed by atoms with Gasteiger partial charge in [0.25, 0.3) is 0 Å². The molecule has 0 aliphatic heterocycles. The van der Waals surface area contributed by atoms with Crippen LogP contribution in [0, 0.1) is 34.5 Å². The molecular formula is C49H58O4. The van der Waals surface area contributed by atoms with E-state index in [9.17, 15) is 0 Å². The van der Waals surface area contributed by atoms with Gasteiger partial charge in [-0.1, -0.05) is 147 Å². The molecule has 0 aromatic heterocycles. The first kappa shape index (κ1) is 36.4. The minimum atomic E-state index is -0.111. The highest BCUT2D eigenvalue weighted by Crippen LogP contribution is 2.68. The van der Waals surface area contributed by atoms with E-state index in [2.05, 4.69) is 148 Å². The van der Waals surface area contributed by atoms with Gasteiger partial charge in [0.05, 0.1) is 50.8 Å². The van der Waals surface area contributed by atoms with Crippen molar-refractivity contribution in [3.8, 4) is 0 Å². The van der Waals surface area contributed by atoms with Crippen LogP contribution in [0.4, 0.5) is 0 Å². The highest BCUT2D eigenvalue weighted by molar-refractivity contribution is 5.27. The van der Waals surface area contributed by atoms with Crippen LogP contribution in [0.3, 0.4) is 0 Å². The third-order valence-corrected chi connectivity index (χ3v) is 14.1. The molecule has 10 atom stereocenters. The standard InChI is InChI=1S/C49H58O4/c1-4-39-25-26-41-45-42(27-28-48(39,41)2)49(3)43(46(52-33-37-21-13-7-14-22-37)47(45)53-34-38-23-15-8-16-24-38)29-40(50-31-35-17-9-5-10-18-35)30-44(49)51-32-36-19-11-6-12-20-36/h4-24,40-47H,25-34H2,1-3H3/b39-4-/t40-,41?,42?,43?,44-,45?,46+,47?,48+,49+/m0/s1. The molecular weight excluding hydrogens is 653 g/mol. The average Bonchev–Trinajstić information content (AvgIpc) is 3.55. The van der Waals surface area contributed by atoms with Crippen molar-refractivity contribution >= 4 is 0 Å². The Kier molecular flexibility index (Phi) is 11.0. The summed E-state index contributed by atoms with van der Waals surface area (Å²) in [5, 5.41) is 0. The van der Waals surface area contributed by atoms with Gasteiger partial charge in [0.15, 0.2) is 0 Å². The minimum Gasteiger partial charge on any atom is -0.373 e. The summed E-state index contributed by atoms with van der Waals surface area (Å²) in [5.41, 5.74) is 6.57. The summed E-state index contributed by atoms with van der Waals surface area (Å²) in [5.74, 6) is 1.56. The molecule has 4 fully saturated rings. The van der Waals surface area contributed by atoms with Crippen LogP contribution >= 0.6 is 0 Å². The van der Waals surface area contributed by atoms with Crippen LogP contribution < -0.4 is 0 Å². The van der Waals surface area contributed by atoms with Crippen molar-refractivity contribution in [2.75, 3.05) is 0 Å². The Morgan fingerprint density at radius 1 is 0.547 bits per heavy atom. The van der Waals surface area contributed by atoms with E-state index in [4.69, 9.17) is 18.9 Å². The third kappa shape index (κ3) is 7.33. The van der Waals surface area contributed by atoms with Gasteiger partial charge in [-0.2, -0.15) is 0 Å². The molecule has 4 aromatic rings. The lowest BCUT2D eigenvalue weighted by Crippen LogP contribution is -2.68. The maximum Gasteiger partial charge on any atom is 0.0879 e. The van der Waals surface area contributed by atoms with E-state index in [1.165, 1.54) is 47.9 Å². The van der Waals surface area contributed by atoms with Crippen LogP contribution in [0.15, 0.2) is 133 Å². The number of allylic oxidation sites excluding steroid dienone is 2. The zero-order valence-electron chi connectivity index (χ0n) is 31.9. The summed E-state index contributed by atoms with van der Waals surface area (Å²) in [6.45, 7) is 9.76. The highest BCUT2D eigenvalue weighted by Gasteiger charge is 2.68. The van der Waals surface area contributed by atoms with E-state index in [-0.39, 0.29) is 41.2 Å². The van der Waals surface area contributed by atoms with Crippen molar-refractivity contribution in [2.45, 2.75) is 110 Å². The van der Waals surface area contributed by atoms with E-state index in [1.54, 1.807) is 5.57 Å². The molecule has 4 saturated carbocycles. The Bertz CT molecular complexity index is 1780. The van der Waals surface area contributed by atoms with Gasteiger partial charge in [0, 0.05) is 11.8 Å². The van der Waals surface area contributed by atoms with Crippen LogP contribution in [0.25, 0.3) is 0 Å². The molecule has 5 unspecified atom stereocenters. The summed E-state index contributed by atoms with van der Waals surface area (Å²) < 4.78 is 28.8. The van der Waals surface area contributed by atoms with Gasteiger partial charge in [-0.05, 0) is 90.4 Å². The smallest absolute Gasteiger partial charge is 0.0879 e. The van der Waals surface area contributed by atoms with Crippen LogP contribution in [-0.4, -0.2) is 24.4 Å². The topological polar surface area (TPSA) is 36.9 Å². The molecule has 0 radical (unpaired) electrons. The minimum absolute atomic E-state index is 0.0274. The summed E-state index contributed by atoms with van der Waals surface area (Å²) in [7, 11) is 0. The van der Waals surface area contributed by atoms with E-state index < -0.39 is 0 Å². The number of rotatable bonds is 12. The second-order valence-corrected chi connectivity index (χ2v) is 16.8. The SMILES string of the molecule is C/C=C1/CCC2C3C(OCc4ccccc4)[C@H](OCc4ccccc4)C4C[C@H](OCc5ccccc5)C[C@H](OCc5ccccc5)[C@]4(C)C3CC[C@]12C. The van der Waals surface area contributed by atoms with Crippen molar-refractivity contribution in [2.24, 2.45) is 34.5 Å². The van der Waals surface area contributed by atoms with Gasteiger partial charge < -0.3 is 18.9 Å². The van der Waals surface area contributed by atoms with Crippen LogP contribution in [-0.2, 0) is 45.4 Å². The molecule has 4 aromatic carbocycles. The van der Waals surface area contributed by atoms with E-state index in [1.807, 2.05) is 0 Å². The molecule has 0 saturated heterocycles. The lowest BCUT2D eigenvalue weighted by Gasteiger charge is -2.66. The molecule has 278 valence electrons. The summed E-state index contributed by atoms with van der Waals surface area (Å²) >= 11 is 0. The quantitative estimate of drug-likeness (QED) is 0.137. The summed E-state index contributed by atoms with van der Waals surface area (Å²) in [6, 6.07) is 42.8.